The predicted octanol–water partition coefficient (Wildman–Crippen LogP) is 4.10. The van der Waals surface area contributed by atoms with Gasteiger partial charge in [-0.3, -0.25) is 9.48 Å². The molecule has 0 aliphatic rings. The molecule has 0 radical (unpaired) electrons. The van der Waals surface area contributed by atoms with Gasteiger partial charge < -0.3 is 9.84 Å². The number of fused-ring (bicyclic) bond motifs is 1. The molecule has 2 heterocycles. The number of nitrogens with zero attached hydrogens (tertiary/aromatic N) is 3. The van der Waals surface area contributed by atoms with Crippen molar-refractivity contribution in [1.29, 1.82) is 0 Å². The van der Waals surface area contributed by atoms with Crippen LogP contribution in [0.15, 0.2) is 53.2 Å². The topological polar surface area (TPSA) is 73.0 Å². The number of amides is 1. The van der Waals surface area contributed by atoms with Crippen LogP contribution in [-0.2, 0) is 6.54 Å². The molecule has 29 heavy (non-hydrogen) atoms. The second kappa shape index (κ2) is 7.83. The third-order valence-electron chi connectivity index (χ3n) is 4.58. The molecule has 2 aromatic heterocycles. The van der Waals surface area contributed by atoms with E-state index >= 15 is 0 Å². The third-order valence-corrected chi connectivity index (χ3v) is 4.58. The molecular formula is C21H18F2N4O2. The first-order chi connectivity index (χ1) is 14.0. The molecule has 0 aliphatic heterocycles. The van der Waals surface area contributed by atoms with Crippen LogP contribution in [0.25, 0.3) is 22.2 Å². The molecule has 1 amide bonds. The zero-order chi connectivity index (χ0) is 20.4. The van der Waals surface area contributed by atoms with Crippen molar-refractivity contribution >= 4 is 16.8 Å². The maximum Gasteiger partial charge on any atom is 0.273 e. The van der Waals surface area contributed by atoms with Gasteiger partial charge in [0.05, 0.1) is 11.7 Å². The van der Waals surface area contributed by atoms with E-state index in [4.69, 9.17) is 4.52 Å². The van der Waals surface area contributed by atoms with Crippen molar-refractivity contribution in [3.63, 3.8) is 0 Å². The Hall–Kier alpha value is -3.55. The number of benzene rings is 2. The molecule has 0 saturated carbocycles. The van der Waals surface area contributed by atoms with Gasteiger partial charge in [-0.25, -0.2) is 8.78 Å². The van der Waals surface area contributed by atoms with Crippen LogP contribution in [-0.4, -0.2) is 27.4 Å². The van der Waals surface area contributed by atoms with Crippen LogP contribution in [0, 0.1) is 18.6 Å². The van der Waals surface area contributed by atoms with Gasteiger partial charge in [0.1, 0.15) is 0 Å². The highest BCUT2D eigenvalue weighted by Gasteiger charge is 2.15. The van der Waals surface area contributed by atoms with Crippen molar-refractivity contribution in [2.75, 3.05) is 6.54 Å². The molecule has 4 aromatic rings. The van der Waals surface area contributed by atoms with Crippen LogP contribution in [0.2, 0.25) is 0 Å². The van der Waals surface area contributed by atoms with E-state index in [-0.39, 0.29) is 11.5 Å². The smallest absolute Gasteiger partial charge is 0.273 e. The molecule has 0 unspecified atom stereocenters. The summed E-state index contributed by atoms with van der Waals surface area (Å²) in [6, 6.07) is 10.9. The van der Waals surface area contributed by atoms with E-state index in [0.29, 0.717) is 25.1 Å². The Morgan fingerprint density at radius 2 is 2.00 bits per heavy atom. The number of hydrogen-bond donors (Lipinski definition) is 1. The van der Waals surface area contributed by atoms with Gasteiger partial charge in [0.25, 0.3) is 5.91 Å². The number of carbonyl (C=O) groups excluding carboxylic acids is 1. The molecule has 0 spiro atoms. The third kappa shape index (κ3) is 4.01. The van der Waals surface area contributed by atoms with E-state index in [1.807, 2.05) is 29.9 Å². The standard InChI is InChI=1S/C21H18F2N4O2/c1-13-3-4-15-12-25-27(19(15)9-13)8-2-7-24-21(28)18-11-20(29-26-18)14-5-6-16(22)17(23)10-14/h3-6,9-12H,2,7-8H2,1H3,(H,24,28). The zero-order valence-corrected chi connectivity index (χ0v) is 15.7. The lowest BCUT2D eigenvalue weighted by molar-refractivity contribution is 0.0943. The molecule has 0 fully saturated rings. The van der Waals surface area contributed by atoms with E-state index in [9.17, 15) is 13.6 Å². The lowest BCUT2D eigenvalue weighted by atomic mass is 10.1. The summed E-state index contributed by atoms with van der Waals surface area (Å²) in [5.41, 5.74) is 2.60. The minimum Gasteiger partial charge on any atom is -0.355 e. The van der Waals surface area contributed by atoms with E-state index in [0.717, 1.165) is 28.6 Å². The summed E-state index contributed by atoms with van der Waals surface area (Å²) in [7, 11) is 0. The molecule has 2 aromatic carbocycles. The number of halogens is 2. The Labute approximate surface area is 165 Å². The van der Waals surface area contributed by atoms with Gasteiger partial charge in [-0.2, -0.15) is 5.10 Å². The molecular weight excluding hydrogens is 378 g/mol. The molecule has 1 N–H and O–H groups in total. The van der Waals surface area contributed by atoms with Crippen LogP contribution >= 0.6 is 0 Å². The monoisotopic (exact) mass is 396 g/mol. The van der Waals surface area contributed by atoms with Crippen LogP contribution in [0.5, 0.6) is 0 Å². The average Bonchev–Trinajstić information content (AvgIpc) is 3.35. The second-order valence-corrected chi connectivity index (χ2v) is 6.74. The first kappa shape index (κ1) is 18.8. The summed E-state index contributed by atoms with van der Waals surface area (Å²) in [6.07, 6.45) is 2.51. The van der Waals surface area contributed by atoms with Crippen LogP contribution < -0.4 is 5.32 Å². The maximum atomic E-state index is 13.3. The van der Waals surface area contributed by atoms with Crippen molar-refractivity contribution in [2.45, 2.75) is 19.9 Å². The highest BCUT2D eigenvalue weighted by Crippen LogP contribution is 2.22. The van der Waals surface area contributed by atoms with Crippen LogP contribution in [0.4, 0.5) is 8.78 Å². The summed E-state index contributed by atoms with van der Waals surface area (Å²) in [5, 5.41) is 11.9. The summed E-state index contributed by atoms with van der Waals surface area (Å²) >= 11 is 0. The number of rotatable bonds is 6. The molecule has 6 nitrogen and oxygen atoms in total. The fourth-order valence-electron chi connectivity index (χ4n) is 3.05. The van der Waals surface area contributed by atoms with Crippen molar-refractivity contribution < 1.29 is 18.1 Å². The molecule has 0 saturated heterocycles. The Morgan fingerprint density at radius 1 is 1.14 bits per heavy atom. The highest BCUT2D eigenvalue weighted by molar-refractivity contribution is 5.93. The van der Waals surface area contributed by atoms with Crippen molar-refractivity contribution in [2.24, 2.45) is 0 Å². The van der Waals surface area contributed by atoms with Gasteiger partial charge in [-0.05, 0) is 43.2 Å². The van der Waals surface area contributed by atoms with Crippen molar-refractivity contribution in [3.05, 3.63) is 71.6 Å². The first-order valence-electron chi connectivity index (χ1n) is 9.14. The summed E-state index contributed by atoms with van der Waals surface area (Å²) in [4.78, 5) is 12.2. The van der Waals surface area contributed by atoms with E-state index in [2.05, 4.69) is 21.6 Å². The van der Waals surface area contributed by atoms with Gasteiger partial charge in [0.2, 0.25) is 0 Å². The Bertz CT molecular complexity index is 1180. The van der Waals surface area contributed by atoms with E-state index < -0.39 is 17.5 Å². The van der Waals surface area contributed by atoms with Gasteiger partial charge >= 0.3 is 0 Å². The molecule has 0 aliphatic carbocycles. The Kier molecular flexibility index (Phi) is 5.07. The van der Waals surface area contributed by atoms with Gasteiger partial charge in [0.15, 0.2) is 23.1 Å². The van der Waals surface area contributed by atoms with Crippen LogP contribution in [0.1, 0.15) is 22.5 Å². The largest absolute Gasteiger partial charge is 0.355 e. The molecule has 0 atom stereocenters. The quantitative estimate of drug-likeness (QED) is 0.498. The number of carbonyl (C=O) groups is 1. The minimum absolute atomic E-state index is 0.0740. The normalized spacial score (nSPS) is 11.1. The summed E-state index contributed by atoms with van der Waals surface area (Å²) in [6.45, 7) is 3.12. The van der Waals surface area contributed by atoms with Crippen LogP contribution in [0.3, 0.4) is 0 Å². The van der Waals surface area contributed by atoms with E-state index in [1.165, 1.54) is 12.1 Å². The number of aromatic nitrogens is 3. The number of nitrogens with one attached hydrogen (secondary N) is 1. The molecule has 148 valence electrons. The minimum atomic E-state index is -0.994. The SMILES string of the molecule is Cc1ccc2cnn(CCCNC(=O)c3cc(-c4ccc(F)c(F)c4)on3)c2c1. The fourth-order valence-corrected chi connectivity index (χ4v) is 3.05. The number of hydrogen-bond acceptors (Lipinski definition) is 4. The lowest BCUT2D eigenvalue weighted by Crippen LogP contribution is -2.25. The van der Waals surface area contributed by atoms with Gasteiger partial charge in [0, 0.05) is 30.1 Å². The Morgan fingerprint density at radius 3 is 2.83 bits per heavy atom. The van der Waals surface area contributed by atoms with Crippen molar-refractivity contribution in [1.82, 2.24) is 20.3 Å². The second-order valence-electron chi connectivity index (χ2n) is 6.74. The van der Waals surface area contributed by atoms with Gasteiger partial charge in [-0.1, -0.05) is 17.3 Å². The predicted molar refractivity (Wildman–Crippen MR) is 103 cm³/mol. The van der Waals surface area contributed by atoms with E-state index in [1.54, 1.807) is 0 Å². The molecule has 8 heteroatoms. The Balaban J connectivity index is 1.33. The average molecular weight is 396 g/mol. The summed E-state index contributed by atoms with van der Waals surface area (Å²) in [5.74, 6) is -2.16. The molecule has 0 bridgehead atoms. The fraction of sp³-hybridized carbons (Fsp3) is 0.190. The number of aryl methyl sites for hydroxylation is 2. The first-order valence-corrected chi connectivity index (χ1v) is 9.14. The molecule has 4 rings (SSSR count). The lowest BCUT2D eigenvalue weighted by Gasteiger charge is -2.05. The maximum absolute atomic E-state index is 13.3. The van der Waals surface area contributed by atoms with Crippen molar-refractivity contribution in [3.8, 4) is 11.3 Å². The summed E-state index contributed by atoms with van der Waals surface area (Å²) < 4.78 is 33.4. The highest BCUT2D eigenvalue weighted by atomic mass is 19.2. The van der Waals surface area contributed by atoms with Gasteiger partial charge in [-0.15, -0.1) is 0 Å². The zero-order valence-electron chi connectivity index (χ0n) is 15.7.